The Bertz CT molecular complexity index is 382. The first-order chi connectivity index (χ1) is 8.66. The Labute approximate surface area is 112 Å². The Balaban J connectivity index is 3.01. The molecule has 0 saturated carbocycles. The summed E-state index contributed by atoms with van der Waals surface area (Å²) in [6, 6.07) is 0. The van der Waals surface area contributed by atoms with Gasteiger partial charge < -0.3 is 0 Å². The van der Waals surface area contributed by atoms with Crippen LogP contribution in [-0.4, -0.2) is 6.72 Å². The first kappa shape index (κ1) is 14.7. The quantitative estimate of drug-likeness (QED) is 0.475. The summed E-state index contributed by atoms with van der Waals surface area (Å²) < 4.78 is 0. The van der Waals surface area contributed by atoms with Gasteiger partial charge in [0.25, 0.3) is 0 Å². The summed E-state index contributed by atoms with van der Waals surface area (Å²) in [7, 11) is 0. The van der Waals surface area contributed by atoms with E-state index in [0.29, 0.717) is 5.92 Å². The molecule has 98 valence electrons. The summed E-state index contributed by atoms with van der Waals surface area (Å²) in [6.07, 6.45) is 14.8. The molecule has 0 N–H and O–H groups in total. The van der Waals surface area contributed by atoms with Crippen molar-refractivity contribution < 1.29 is 0 Å². The summed E-state index contributed by atoms with van der Waals surface area (Å²) in [5.74, 6) is 0.441. The van der Waals surface area contributed by atoms with Crippen molar-refractivity contribution in [2.24, 2.45) is 10.9 Å². The van der Waals surface area contributed by atoms with Gasteiger partial charge in [-0.2, -0.15) is 0 Å². The molecule has 0 fully saturated rings. The highest BCUT2D eigenvalue weighted by molar-refractivity contribution is 5.37. The predicted octanol–water partition coefficient (Wildman–Crippen LogP) is 5.23. The van der Waals surface area contributed by atoms with Crippen molar-refractivity contribution >= 4 is 6.72 Å². The molecule has 0 aromatic carbocycles. The lowest BCUT2D eigenvalue weighted by molar-refractivity contribution is 0.564. The van der Waals surface area contributed by atoms with Crippen molar-refractivity contribution in [2.75, 3.05) is 0 Å². The Morgan fingerprint density at radius 1 is 1.39 bits per heavy atom. The van der Waals surface area contributed by atoms with E-state index in [4.69, 9.17) is 0 Å². The molecular weight excluding hydrogens is 218 g/mol. The average Bonchev–Trinajstić information content (AvgIpc) is 2.34. The highest BCUT2D eigenvalue weighted by Gasteiger charge is 2.16. The molecule has 0 heterocycles. The highest BCUT2D eigenvalue weighted by atomic mass is 14.6. The van der Waals surface area contributed by atoms with E-state index < -0.39 is 0 Å². The summed E-state index contributed by atoms with van der Waals surface area (Å²) in [5, 5.41) is 0. The zero-order chi connectivity index (χ0) is 13.4. The third kappa shape index (κ3) is 4.48. The zero-order valence-corrected chi connectivity index (χ0v) is 11.8. The SMILES string of the molecule is C=N/C=C(\C(=C)C)C1CCCCC/C=C\C=C1C. The predicted molar refractivity (Wildman–Crippen MR) is 81.9 cm³/mol. The fraction of sp³-hybridized carbons (Fsp3) is 0.471. The maximum atomic E-state index is 4.08. The van der Waals surface area contributed by atoms with Crippen LogP contribution in [0, 0.1) is 5.92 Å². The molecule has 0 aromatic rings. The zero-order valence-electron chi connectivity index (χ0n) is 11.8. The van der Waals surface area contributed by atoms with Gasteiger partial charge in [-0.25, -0.2) is 0 Å². The molecule has 0 aliphatic heterocycles. The number of nitrogens with zero attached hydrogens (tertiary/aromatic N) is 1. The molecule has 0 amide bonds. The molecular formula is C17H25N. The number of hydrogen-bond donors (Lipinski definition) is 0. The topological polar surface area (TPSA) is 12.4 Å². The summed E-state index contributed by atoms with van der Waals surface area (Å²) >= 11 is 0. The van der Waals surface area contributed by atoms with Gasteiger partial charge in [0.15, 0.2) is 0 Å². The van der Waals surface area contributed by atoms with Gasteiger partial charge in [0, 0.05) is 12.1 Å². The normalized spacial score (nSPS) is 24.0. The van der Waals surface area contributed by atoms with Crippen LogP contribution in [0.4, 0.5) is 0 Å². The monoisotopic (exact) mass is 243 g/mol. The van der Waals surface area contributed by atoms with Gasteiger partial charge in [-0.1, -0.05) is 48.8 Å². The lowest BCUT2D eigenvalue weighted by Crippen LogP contribution is -2.07. The van der Waals surface area contributed by atoms with Crippen molar-refractivity contribution in [1.82, 2.24) is 0 Å². The van der Waals surface area contributed by atoms with Gasteiger partial charge in [0.2, 0.25) is 0 Å². The first-order valence-corrected chi connectivity index (χ1v) is 6.82. The number of hydrogen-bond acceptors (Lipinski definition) is 1. The second-order valence-corrected chi connectivity index (χ2v) is 5.08. The van der Waals surface area contributed by atoms with Crippen LogP contribution < -0.4 is 0 Å². The van der Waals surface area contributed by atoms with E-state index in [0.717, 1.165) is 5.57 Å². The molecule has 0 saturated heterocycles. The van der Waals surface area contributed by atoms with Crippen LogP contribution in [0.25, 0.3) is 0 Å². The van der Waals surface area contributed by atoms with Gasteiger partial charge in [-0.3, -0.25) is 4.99 Å². The van der Waals surface area contributed by atoms with Crippen LogP contribution >= 0.6 is 0 Å². The Morgan fingerprint density at radius 3 is 2.83 bits per heavy atom. The number of rotatable bonds is 3. The molecule has 1 heteroatoms. The van der Waals surface area contributed by atoms with Gasteiger partial charge in [0.1, 0.15) is 0 Å². The minimum atomic E-state index is 0.441. The van der Waals surface area contributed by atoms with E-state index in [-0.39, 0.29) is 0 Å². The highest BCUT2D eigenvalue weighted by Crippen LogP contribution is 2.31. The molecule has 1 nitrogen and oxygen atoms in total. The van der Waals surface area contributed by atoms with Crippen molar-refractivity contribution in [2.45, 2.75) is 46.0 Å². The fourth-order valence-corrected chi connectivity index (χ4v) is 2.44. The van der Waals surface area contributed by atoms with Gasteiger partial charge in [-0.15, -0.1) is 0 Å². The maximum Gasteiger partial charge on any atom is 0.0301 e. The maximum absolute atomic E-state index is 4.08. The molecule has 0 radical (unpaired) electrons. The minimum Gasteiger partial charge on any atom is -0.272 e. The fourth-order valence-electron chi connectivity index (χ4n) is 2.44. The van der Waals surface area contributed by atoms with Crippen molar-refractivity contribution in [3.8, 4) is 0 Å². The van der Waals surface area contributed by atoms with E-state index >= 15 is 0 Å². The van der Waals surface area contributed by atoms with Crippen LogP contribution in [0.1, 0.15) is 46.0 Å². The Morgan fingerprint density at radius 2 is 2.17 bits per heavy atom. The van der Waals surface area contributed by atoms with Crippen molar-refractivity contribution in [1.29, 1.82) is 0 Å². The van der Waals surface area contributed by atoms with Crippen LogP contribution in [0.5, 0.6) is 0 Å². The molecule has 18 heavy (non-hydrogen) atoms. The third-order valence-electron chi connectivity index (χ3n) is 3.51. The standard InChI is InChI=1S/C17H25N/c1-14(2)17(13-18-4)16-12-10-8-6-5-7-9-11-15(16)3/h7,9,11,13,16H,1,4-6,8,10,12H2,2-3H3/b9-7-,15-11?,17-13+. The largest absolute Gasteiger partial charge is 0.272 e. The molecule has 1 aliphatic carbocycles. The number of aliphatic imine (C=N–C) groups is 1. The summed E-state index contributed by atoms with van der Waals surface area (Å²) in [4.78, 5) is 3.94. The molecule has 0 bridgehead atoms. The molecule has 1 unspecified atom stereocenters. The third-order valence-corrected chi connectivity index (χ3v) is 3.51. The van der Waals surface area contributed by atoms with Gasteiger partial charge in [-0.05, 0) is 45.4 Å². The lowest BCUT2D eigenvalue weighted by atomic mass is 9.83. The van der Waals surface area contributed by atoms with E-state index in [1.54, 1.807) is 0 Å². The number of allylic oxidation sites excluding steroid dienone is 6. The van der Waals surface area contributed by atoms with E-state index in [9.17, 15) is 0 Å². The van der Waals surface area contributed by atoms with Gasteiger partial charge >= 0.3 is 0 Å². The first-order valence-electron chi connectivity index (χ1n) is 6.82. The van der Waals surface area contributed by atoms with Gasteiger partial charge in [0.05, 0.1) is 0 Å². The van der Waals surface area contributed by atoms with Crippen molar-refractivity contribution in [3.63, 3.8) is 0 Å². The molecule has 1 aliphatic rings. The Hall–Kier alpha value is -1.37. The van der Waals surface area contributed by atoms with E-state index in [1.807, 2.05) is 6.20 Å². The van der Waals surface area contributed by atoms with Crippen molar-refractivity contribution in [3.05, 3.63) is 47.7 Å². The molecule has 1 rings (SSSR count). The van der Waals surface area contributed by atoms with Crippen LogP contribution in [-0.2, 0) is 0 Å². The van der Waals surface area contributed by atoms with Crippen LogP contribution in [0.3, 0.4) is 0 Å². The summed E-state index contributed by atoms with van der Waals surface area (Å²) in [6.45, 7) is 11.9. The van der Waals surface area contributed by atoms with E-state index in [2.05, 4.69) is 50.4 Å². The molecule has 1 atom stereocenters. The van der Waals surface area contributed by atoms with E-state index in [1.165, 1.54) is 43.3 Å². The average molecular weight is 243 g/mol. The Kier molecular flexibility index (Phi) is 6.42. The smallest absolute Gasteiger partial charge is 0.0301 e. The van der Waals surface area contributed by atoms with Crippen LogP contribution in [0.15, 0.2) is 52.7 Å². The lowest BCUT2D eigenvalue weighted by Gasteiger charge is -2.22. The van der Waals surface area contributed by atoms with Crippen LogP contribution in [0.2, 0.25) is 0 Å². The summed E-state index contributed by atoms with van der Waals surface area (Å²) in [5.41, 5.74) is 3.72. The second kappa shape index (κ2) is 7.86. The molecule has 0 aromatic heterocycles. The second-order valence-electron chi connectivity index (χ2n) is 5.08. The minimum absolute atomic E-state index is 0.441. The molecule has 0 spiro atoms.